The van der Waals surface area contributed by atoms with E-state index in [0.717, 1.165) is 21.8 Å². The van der Waals surface area contributed by atoms with Gasteiger partial charge in [-0.15, -0.1) is 0 Å². The highest BCUT2D eigenvalue weighted by Gasteiger charge is 2.54. The summed E-state index contributed by atoms with van der Waals surface area (Å²) in [4.78, 5) is 162. The Morgan fingerprint density at radius 3 is 1.15 bits per heavy atom. The third kappa shape index (κ3) is 44.4. The highest BCUT2D eigenvalue weighted by Crippen LogP contribution is 2.36. The average molecular weight is 1980 g/mol. The zero-order valence-corrected chi connectivity index (χ0v) is 79.2. The van der Waals surface area contributed by atoms with Gasteiger partial charge in [0.2, 0.25) is 65.2 Å². The lowest BCUT2D eigenvalue weighted by molar-refractivity contribution is -0.195. The molecule has 0 aliphatic carbocycles. The Kier molecular flexibility index (Phi) is 57.6. The molecule has 9 heterocycles. The maximum atomic E-state index is 12.5. The number of hydrogen-bond donors (Lipinski definition) is 13. The summed E-state index contributed by atoms with van der Waals surface area (Å²) >= 11 is 0. The molecule has 4 aromatic rings. The third-order valence-electron chi connectivity index (χ3n) is 15.2. The van der Waals surface area contributed by atoms with Crippen LogP contribution in [-0.4, -0.2) is 327 Å². The zero-order valence-electron chi connectivity index (χ0n) is 74.4. The molecule has 0 radical (unpaired) electrons. The lowest BCUT2D eigenvalue weighted by atomic mass is 10.1. The average Bonchev–Trinajstić information content (AvgIpc) is 1.67. The molecule has 26 N–H and O–H groups in total. The number of aliphatic hydroxyl groups excluding tert-OH is 7. The molecule has 56 nitrogen and oxygen atoms in total. The predicted molar refractivity (Wildman–Crippen MR) is 450 cm³/mol. The van der Waals surface area contributed by atoms with E-state index in [9.17, 15) is 84.5 Å². The molecule has 0 spiro atoms. The molecule has 0 aromatic carbocycles. The van der Waals surface area contributed by atoms with Crippen LogP contribution in [0.4, 0.5) is 37.0 Å². The molecule has 750 valence electrons. The Bertz CT molecular complexity index is 4390. The number of aliphatic hydroxyl groups is 7. The normalized spacial score (nSPS) is 24.8. The number of halogens is 3. The minimum absolute atomic E-state index is 0. The maximum Gasteiger partial charge on any atom is 0.522 e. The predicted octanol–water partition coefficient (Wildman–Crippen LogP) is -5.52. The van der Waals surface area contributed by atoms with Gasteiger partial charge in [0.1, 0.15) is 88.5 Å². The highest BCUT2D eigenvalue weighted by molar-refractivity contribution is 7.88. The van der Waals surface area contributed by atoms with Crippen LogP contribution in [-0.2, 0) is 114 Å². The number of hydrogen-bond acceptors (Lipinski definition) is 49. The van der Waals surface area contributed by atoms with Crippen LogP contribution in [0.1, 0.15) is 108 Å². The minimum atomic E-state index is -5.39. The van der Waals surface area contributed by atoms with Gasteiger partial charge in [-0.05, 0) is 58.5 Å². The van der Waals surface area contributed by atoms with Gasteiger partial charge in [-0.2, -0.15) is 60.0 Å². The second kappa shape index (κ2) is 58.2. The topological polar surface area (TPSA) is 895 Å². The van der Waals surface area contributed by atoms with Crippen molar-refractivity contribution in [2.24, 2.45) is 0 Å². The van der Waals surface area contributed by atoms with Crippen LogP contribution in [0.25, 0.3) is 0 Å². The molecule has 0 saturated carbocycles. The molecule has 8 unspecified atom stereocenters. The van der Waals surface area contributed by atoms with Crippen LogP contribution >= 0.6 is 13.5 Å². The largest absolute Gasteiger partial charge is 0.522 e. The van der Waals surface area contributed by atoms with Crippen molar-refractivity contribution in [3.63, 3.8) is 0 Å². The van der Waals surface area contributed by atoms with E-state index in [1.54, 1.807) is 0 Å². The number of ether oxygens (including phenoxy) is 13. The van der Waals surface area contributed by atoms with Gasteiger partial charge in [0.15, 0.2) is 43.2 Å². The summed E-state index contributed by atoms with van der Waals surface area (Å²) in [6.45, 7) is 30.8. The molecule has 0 bridgehead atoms. The van der Waals surface area contributed by atoms with Crippen molar-refractivity contribution in [2.45, 2.75) is 283 Å². The van der Waals surface area contributed by atoms with Crippen molar-refractivity contribution in [3.8, 4) is 6.01 Å². The van der Waals surface area contributed by atoms with Gasteiger partial charge in [-0.3, -0.25) is 52.5 Å². The van der Waals surface area contributed by atoms with E-state index in [1.807, 2.05) is 60.1 Å². The van der Waals surface area contributed by atoms with Gasteiger partial charge in [0.25, 0.3) is 0 Å². The number of nitrogen functional groups attached to an aromatic ring is 3. The fourth-order valence-corrected chi connectivity index (χ4v) is 15.0. The van der Waals surface area contributed by atoms with E-state index < -0.39 is 241 Å². The smallest absolute Gasteiger partial charge is 0.518 e. The summed E-state index contributed by atoms with van der Waals surface area (Å²) in [5.41, 5.74) is 8.47. The quantitative estimate of drug-likeness (QED) is 0.0160. The second-order valence-electron chi connectivity index (χ2n) is 29.3. The number of carbonyl (C=O) groups excluding carboxylic acids is 8. The first-order valence-corrected chi connectivity index (χ1v) is 48.9. The van der Waals surface area contributed by atoms with Crippen molar-refractivity contribution in [1.29, 1.82) is 0 Å². The number of rotatable bonds is 21. The lowest BCUT2D eigenvalue weighted by Gasteiger charge is -2.24. The van der Waals surface area contributed by atoms with Gasteiger partial charge in [-0.1, -0.05) is 40.4 Å². The Morgan fingerprint density at radius 1 is 0.477 bits per heavy atom. The fraction of sp³-hybridized carbons (Fsp3) is 0.697. The summed E-state index contributed by atoms with van der Waals surface area (Å²) in [7, 11) is -11.5. The molecule has 5 saturated heterocycles. The number of nitrogens with two attached hydrogens (primary N) is 3. The van der Waals surface area contributed by atoms with E-state index >= 15 is 0 Å². The van der Waals surface area contributed by atoms with E-state index in [0.29, 0.717) is 25.3 Å². The van der Waals surface area contributed by atoms with Gasteiger partial charge < -0.3 is 156 Å². The van der Waals surface area contributed by atoms with Crippen molar-refractivity contribution < 1.29 is 187 Å². The SMILES string of the molecule is CC[C@H]1OC(OC(C)=O)[C@@H](OC(C)=O)C1OC(C)=O.CC[C@H]1OC(OC(C)=O)[C@@H](OC(C)=O)C1OC(C)=O.CC[C@H]1O[C@@H](n2cnc(N[Si](C)(C)C)nc2=O)[C@@H](OC(C)=O)C1OC(C)=O.C[Si](C)(C)OS(=O)(=O)C(F)(F)F.C[Si](C)(C)Oc1ncnc(N)n1.N.Nc1ncn([C@@H]2O[C@H](CO)C(O)[C@@H]2O)c(=O)n1.Nc1ncnc(=O)[nH]1.O.O.O.O.OC[C@H]1OC(O)[C@@H](O)C1O.S. The second-order valence-corrected chi connectivity index (χ2v) is 44.7. The molecule has 130 heavy (non-hydrogen) atoms. The Morgan fingerprint density at radius 2 is 0.838 bits per heavy atom. The fourth-order valence-electron chi connectivity index (χ4n) is 10.5. The molecule has 0 amide bonds. The first-order valence-electron chi connectivity index (χ1n) is 37.2. The first-order chi connectivity index (χ1) is 57.1. The van der Waals surface area contributed by atoms with Gasteiger partial charge >= 0.3 is 86.5 Å². The lowest BCUT2D eigenvalue weighted by Crippen LogP contribution is -2.41. The number of alkyl halides is 3. The first kappa shape index (κ1) is 129. The molecular weight excluding hydrogens is 1860 g/mol. The van der Waals surface area contributed by atoms with Crippen LogP contribution in [0.3, 0.4) is 0 Å². The third-order valence-corrected chi connectivity index (χ3v) is 20.4. The van der Waals surface area contributed by atoms with Crippen LogP contribution in [0, 0.1) is 0 Å². The molecule has 5 aliphatic rings. The van der Waals surface area contributed by atoms with Gasteiger partial charge in [-0.25, -0.2) is 34.3 Å². The van der Waals surface area contributed by atoms with Crippen molar-refractivity contribution in [3.05, 3.63) is 56.8 Å². The molecule has 9 rings (SSSR count). The standard InChI is InChI=1S/C16H26N4O6Si.2C12H18O7.C8H12N4O5.C6H12N4OSi.C5H10O5.C4H9F3O3SSi.C3H4N4O.H3N.4H2O.H2S/c1-7-11-12(24-9(2)21)13(25-10(3)22)14(26-11)20-8-17-15(18-16(20)23)19-27(4,5)6;2*1-5-9-10(16-6(2)13)11(17-7(3)14)12(19-9)18-8(4)15;9-7-10-2-12(8(16)11-7)6-5(15)4(14)3(1-13)17-6;1-12(2,3)11-6-9-4-8-5(7)10-6;6-1-2-3(7)4(8)5(9)10-2;1-12(2,3)10-11(8,9)4(5,6)7;4-2-5-1-6-3(8)7-2;;;;;;/h8,11-14H,7H2,1-6H3,(H,18,19,23);2*9-12H,5H2,1-4H3;2-6,13-15H,1H2,(H2,9,11,16);4H,1-3H3,(H2,7,8,9,10);2-9H,1H2;1-3H3;1H,(H3,4,5,6,7,8);1H3;5*1H2/t11-,12?,13+,14-;2*9-,10?,11+,12?;3-,4?,5+,6-;;2-,3?,4+,5?;;;;;;;;/m1111.1......../s1. The number of H-pyrrole nitrogens is 1. The summed E-state index contributed by atoms with van der Waals surface area (Å²) < 4.78 is 134. The van der Waals surface area contributed by atoms with Crippen LogP contribution in [0.5, 0.6) is 6.01 Å². The minimum Gasteiger partial charge on any atom is -0.518 e. The van der Waals surface area contributed by atoms with Crippen LogP contribution in [0.2, 0.25) is 58.9 Å². The van der Waals surface area contributed by atoms with Crippen LogP contribution < -0.4 is 49.8 Å². The van der Waals surface area contributed by atoms with Gasteiger partial charge in [0, 0.05) is 55.4 Å². The van der Waals surface area contributed by atoms with Crippen molar-refractivity contribution >= 4 is 120 Å². The van der Waals surface area contributed by atoms with E-state index in [4.69, 9.17) is 104 Å². The summed E-state index contributed by atoms with van der Waals surface area (Å²) in [6.07, 6.45) is -13.0. The molecule has 4 aromatic heterocycles. The molecular formula is C66H122F3N17O39S2Si3. The number of nitrogens with one attached hydrogen (secondary N) is 2. The van der Waals surface area contributed by atoms with E-state index in [2.05, 4.69) is 63.4 Å². The number of carbonyl (C=O) groups is 8. The van der Waals surface area contributed by atoms with Crippen molar-refractivity contribution in [1.82, 2.24) is 65.1 Å². The summed E-state index contributed by atoms with van der Waals surface area (Å²) in [5, 5.41) is 63.0. The van der Waals surface area contributed by atoms with Crippen LogP contribution in [0.15, 0.2) is 39.7 Å². The van der Waals surface area contributed by atoms with Crippen molar-refractivity contribution in [2.75, 3.05) is 35.4 Å². The maximum absolute atomic E-state index is 12.5. The molecule has 5 aliphatic heterocycles. The summed E-state index contributed by atoms with van der Waals surface area (Å²) in [6, 6.07) is 0.321. The Labute approximate surface area is 750 Å². The number of esters is 8. The number of anilines is 4. The zero-order chi connectivity index (χ0) is 95.2. The Hall–Kier alpha value is -9.78. The molecule has 64 heteroatoms. The molecule has 20 atom stereocenters. The summed E-state index contributed by atoms with van der Waals surface area (Å²) in [5.74, 6) is -4.10. The number of aromatic nitrogens is 12. The van der Waals surface area contributed by atoms with Gasteiger partial charge in [0.05, 0.1) is 13.2 Å². The Balaban J connectivity index is -0.000000466. The molecule has 5 fully saturated rings. The number of aromatic amines is 1. The highest BCUT2D eigenvalue weighted by atomic mass is 32.2. The number of nitrogens with zero attached hydrogens (tertiary/aromatic N) is 11. The monoisotopic (exact) mass is 1980 g/mol. The van der Waals surface area contributed by atoms with E-state index in [1.165, 1.54) is 87.7 Å². The van der Waals surface area contributed by atoms with E-state index in [-0.39, 0.29) is 65.3 Å².